The third-order valence-corrected chi connectivity index (χ3v) is 4.94. The van der Waals surface area contributed by atoms with E-state index in [1.165, 1.54) is 22.3 Å². The monoisotopic (exact) mass is 330 g/mol. The van der Waals surface area contributed by atoms with E-state index in [2.05, 4.69) is 103 Å². The number of hydrogen-bond acceptors (Lipinski definition) is 0. The SMILES string of the molecule is [B]c1cccc(C(c2ccccc2)(c2ccccc2)c2ccccc2)c1. The van der Waals surface area contributed by atoms with Crippen molar-refractivity contribution >= 4 is 13.3 Å². The van der Waals surface area contributed by atoms with E-state index in [9.17, 15) is 0 Å². The second-order valence-electron chi connectivity index (χ2n) is 6.47. The van der Waals surface area contributed by atoms with Crippen molar-refractivity contribution in [3.8, 4) is 0 Å². The van der Waals surface area contributed by atoms with E-state index in [-0.39, 0.29) is 0 Å². The van der Waals surface area contributed by atoms with E-state index in [0.717, 1.165) is 5.46 Å². The highest BCUT2D eigenvalue weighted by Crippen LogP contribution is 2.44. The average Bonchev–Trinajstić information content (AvgIpc) is 2.71. The summed E-state index contributed by atoms with van der Waals surface area (Å²) in [4.78, 5) is 0. The largest absolute Gasteiger partial charge is 0.113 e. The molecule has 1 heteroatoms. The summed E-state index contributed by atoms with van der Waals surface area (Å²) in [5, 5.41) is 0. The highest BCUT2D eigenvalue weighted by Gasteiger charge is 2.37. The molecule has 4 aromatic rings. The smallest absolute Gasteiger partial charge is 0.0963 e. The number of rotatable bonds is 4. The van der Waals surface area contributed by atoms with Gasteiger partial charge in [-0.25, -0.2) is 0 Å². The molecule has 0 N–H and O–H groups in total. The lowest BCUT2D eigenvalue weighted by molar-refractivity contribution is 0.746. The van der Waals surface area contributed by atoms with Crippen LogP contribution in [0.2, 0.25) is 0 Å². The molecule has 0 aliphatic rings. The zero-order chi connectivity index (χ0) is 17.8. The summed E-state index contributed by atoms with van der Waals surface area (Å²) in [6, 6.07) is 40.2. The van der Waals surface area contributed by atoms with Crippen LogP contribution in [0.5, 0.6) is 0 Å². The van der Waals surface area contributed by atoms with Crippen molar-refractivity contribution in [2.45, 2.75) is 5.41 Å². The van der Waals surface area contributed by atoms with Gasteiger partial charge in [0.25, 0.3) is 0 Å². The van der Waals surface area contributed by atoms with E-state index >= 15 is 0 Å². The summed E-state index contributed by atoms with van der Waals surface area (Å²) in [7, 11) is 6.19. The van der Waals surface area contributed by atoms with Crippen molar-refractivity contribution in [2.24, 2.45) is 0 Å². The van der Waals surface area contributed by atoms with Crippen LogP contribution in [0.3, 0.4) is 0 Å². The van der Waals surface area contributed by atoms with Gasteiger partial charge in [0.2, 0.25) is 0 Å². The Hall–Kier alpha value is -3.06. The van der Waals surface area contributed by atoms with Crippen LogP contribution < -0.4 is 5.46 Å². The van der Waals surface area contributed by atoms with Crippen molar-refractivity contribution in [3.63, 3.8) is 0 Å². The number of benzene rings is 4. The van der Waals surface area contributed by atoms with Crippen molar-refractivity contribution in [1.29, 1.82) is 0 Å². The normalized spacial score (nSPS) is 11.2. The minimum absolute atomic E-state index is 0.418. The molecule has 0 unspecified atom stereocenters. The molecule has 0 saturated carbocycles. The maximum absolute atomic E-state index is 6.19. The van der Waals surface area contributed by atoms with Crippen LogP contribution in [0.25, 0.3) is 0 Å². The zero-order valence-corrected chi connectivity index (χ0v) is 14.5. The van der Waals surface area contributed by atoms with Gasteiger partial charge in [-0.3, -0.25) is 0 Å². The van der Waals surface area contributed by atoms with Crippen LogP contribution in [0.15, 0.2) is 115 Å². The Balaban J connectivity index is 2.14. The molecular formula is C25H19B. The first-order chi connectivity index (χ1) is 12.8. The zero-order valence-electron chi connectivity index (χ0n) is 14.5. The molecule has 4 rings (SSSR count). The summed E-state index contributed by atoms with van der Waals surface area (Å²) >= 11 is 0. The van der Waals surface area contributed by atoms with Crippen LogP contribution >= 0.6 is 0 Å². The fourth-order valence-electron chi connectivity index (χ4n) is 3.84. The topological polar surface area (TPSA) is 0 Å². The maximum atomic E-state index is 6.19. The van der Waals surface area contributed by atoms with E-state index < -0.39 is 5.41 Å². The molecule has 26 heavy (non-hydrogen) atoms. The van der Waals surface area contributed by atoms with E-state index in [1.807, 2.05) is 12.1 Å². The van der Waals surface area contributed by atoms with Gasteiger partial charge in [0.1, 0.15) is 7.85 Å². The predicted molar refractivity (Wildman–Crippen MR) is 110 cm³/mol. The van der Waals surface area contributed by atoms with Crippen LogP contribution in [-0.4, -0.2) is 7.85 Å². The number of hydrogen-bond donors (Lipinski definition) is 0. The first-order valence-corrected chi connectivity index (χ1v) is 8.84. The fourth-order valence-corrected chi connectivity index (χ4v) is 3.84. The van der Waals surface area contributed by atoms with Gasteiger partial charge < -0.3 is 0 Å². The lowest BCUT2D eigenvalue weighted by Gasteiger charge is -2.37. The van der Waals surface area contributed by atoms with Crippen molar-refractivity contribution in [1.82, 2.24) is 0 Å². The minimum atomic E-state index is -0.418. The predicted octanol–water partition coefficient (Wildman–Crippen LogP) is 4.86. The molecule has 0 amide bonds. The van der Waals surface area contributed by atoms with Crippen molar-refractivity contribution in [2.75, 3.05) is 0 Å². The maximum Gasteiger partial charge on any atom is 0.113 e. The van der Waals surface area contributed by atoms with Gasteiger partial charge in [0.05, 0.1) is 5.41 Å². The first-order valence-electron chi connectivity index (χ1n) is 8.84. The lowest BCUT2D eigenvalue weighted by atomic mass is 9.64. The fraction of sp³-hybridized carbons (Fsp3) is 0.0400. The highest BCUT2D eigenvalue weighted by atomic mass is 14.4. The molecule has 122 valence electrons. The molecule has 0 heterocycles. The van der Waals surface area contributed by atoms with E-state index in [1.54, 1.807) is 0 Å². The van der Waals surface area contributed by atoms with Crippen LogP contribution in [0, 0.1) is 0 Å². The van der Waals surface area contributed by atoms with Crippen LogP contribution in [0.1, 0.15) is 22.3 Å². The van der Waals surface area contributed by atoms with Crippen molar-refractivity contribution in [3.05, 3.63) is 138 Å². The molecule has 0 nitrogen and oxygen atoms in total. The van der Waals surface area contributed by atoms with E-state index in [0.29, 0.717) is 0 Å². The van der Waals surface area contributed by atoms with Crippen LogP contribution in [-0.2, 0) is 5.41 Å². The van der Waals surface area contributed by atoms with Gasteiger partial charge >= 0.3 is 0 Å². The molecule has 0 aliphatic heterocycles. The molecule has 0 saturated heterocycles. The molecule has 0 aliphatic carbocycles. The summed E-state index contributed by atoms with van der Waals surface area (Å²) in [5.74, 6) is 0. The molecule has 0 spiro atoms. The standard InChI is InChI=1S/C25H19B/c26-24-18-10-17-23(19-24)25(20-11-4-1-5-12-20,21-13-6-2-7-14-21)22-15-8-3-9-16-22/h1-19H. The Morgan fingerprint density at radius 2 is 0.808 bits per heavy atom. The van der Waals surface area contributed by atoms with Gasteiger partial charge in [-0.05, 0) is 22.3 Å². The van der Waals surface area contributed by atoms with Crippen LogP contribution in [0.4, 0.5) is 0 Å². The Kier molecular flexibility index (Phi) is 4.45. The Morgan fingerprint density at radius 1 is 0.423 bits per heavy atom. The second kappa shape index (κ2) is 7.05. The van der Waals surface area contributed by atoms with E-state index in [4.69, 9.17) is 7.85 Å². The third kappa shape index (κ3) is 2.76. The molecule has 2 radical (unpaired) electrons. The quantitative estimate of drug-likeness (QED) is 0.370. The summed E-state index contributed by atoms with van der Waals surface area (Å²) < 4.78 is 0. The first kappa shape index (κ1) is 16.4. The highest BCUT2D eigenvalue weighted by molar-refractivity contribution is 6.32. The van der Waals surface area contributed by atoms with Gasteiger partial charge in [-0.2, -0.15) is 0 Å². The minimum Gasteiger partial charge on any atom is -0.0963 e. The second-order valence-corrected chi connectivity index (χ2v) is 6.47. The lowest BCUT2D eigenvalue weighted by Crippen LogP contribution is -2.31. The molecule has 0 fully saturated rings. The Morgan fingerprint density at radius 3 is 1.19 bits per heavy atom. The van der Waals surface area contributed by atoms with Gasteiger partial charge in [0, 0.05) is 0 Å². The Bertz CT molecular complexity index is 879. The van der Waals surface area contributed by atoms with Gasteiger partial charge in [-0.15, -0.1) is 0 Å². The summed E-state index contributed by atoms with van der Waals surface area (Å²) in [5.41, 5.74) is 5.20. The summed E-state index contributed by atoms with van der Waals surface area (Å²) in [6.45, 7) is 0. The molecular weight excluding hydrogens is 311 g/mol. The van der Waals surface area contributed by atoms with Gasteiger partial charge in [-0.1, -0.05) is 121 Å². The Labute approximate surface area is 156 Å². The third-order valence-electron chi connectivity index (χ3n) is 4.94. The molecule has 0 bridgehead atoms. The summed E-state index contributed by atoms with van der Waals surface area (Å²) in [6.07, 6.45) is 0. The average molecular weight is 330 g/mol. The van der Waals surface area contributed by atoms with Crippen molar-refractivity contribution < 1.29 is 0 Å². The molecule has 4 aromatic carbocycles. The van der Waals surface area contributed by atoms with Gasteiger partial charge in [0.15, 0.2) is 0 Å². The molecule has 0 atom stereocenters. The molecule has 0 aromatic heterocycles.